The van der Waals surface area contributed by atoms with E-state index in [1.165, 1.54) is 12.1 Å². The lowest BCUT2D eigenvalue weighted by Gasteiger charge is -2.38. The molecule has 0 aliphatic carbocycles. The van der Waals surface area contributed by atoms with Crippen LogP contribution in [0.1, 0.15) is 29.8 Å². The van der Waals surface area contributed by atoms with Crippen LogP contribution in [0.3, 0.4) is 0 Å². The molecule has 0 saturated carbocycles. The highest BCUT2D eigenvalue weighted by molar-refractivity contribution is 6.05. The number of hydrogen-bond acceptors (Lipinski definition) is 3. The maximum atomic E-state index is 12.8. The Morgan fingerprint density at radius 3 is 2.30 bits per heavy atom. The highest BCUT2D eigenvalue weighted by Crippen LogP contribution is 2.34. The maximum Gasteiger partial charge on any atom is 0.416 e. The van der Waals surface area contributed by atoms with Crippen LogP contribution in [0.4, 0.5) is 30.2 Å². The zero-order valence-corrected chi connectivity index (χ0v) is 15.3. The lowest BCUT2D eigenvalue weighted by atomic mass is 10.1. The largest absolute Gasteiger partial charge is 0.416 e. The molecule has 4 nitrogen and oxygen atoms in total. The molecule has 1 heterocycles. The topological polar surface area (TPSA) is 35.6 Å². The van der Waals surface area contributed by atoms with Crippen LogP contribution in [0.15, 0.2) is 42.5 Å². The molecular weight excluding hydrogens is 355 g/mol. The highest BCUT2D eigenvalue weighted by Gasteiger charge is 2.30. The summed E-state index contributed by atoms with van der Waals surface area (Å²) in [5, 5.41) is 2.56. The summed E-state index contributed by atoms with van der Waals surface area (Å²) in [4.78, 5) is 17.0. The molecule has 0 radical (unpaired) electrons. The number of carbonyl (C=O) groups excluding carboxylic acids is 1. The quantitative estimate of drug-likeness (QED) is 0.844. The summed E-state index contributed by atoms with van der Waals surface area (Å²) in [5.74, 6) is -0.429. The number of amides is 1. The molecular formula is C20H22F3N3O. The van der Waals surface area contributed by atoms with Crippen molar-refractivity contribution < 1.29 is 18.0 Å². The summed E-state index contributed by atoms with van der Waals surface area (Å²) in [6.07, 6.45) is -4.45. The molecule has 2 aromatic rings. The molecule has 1 aliphatic heterocycles. The fraction of sp³-hybridized carbons (Fsp3) is 0.350. The average molecular weight is 377 g/mol. The van der Waals surface area contributed by atoms with Gasteiger partial charge in [-0.15, -0.1) is 0 Å². The number of nitrogens with zero attached hydrogens (tertiary/aromatic N) is 2. The van der Waals surface area contributed by atoms with E-state index < -0.39 is 17.6 Å². The number of carbonyl (C=O) groups is 1. The van der Waals surface area contributed by atoms with E-state index in [1.807, 2.05) is 12.1 Å². The predicted molar refractivity (Wildman–Crippen MR) is 102 cm³/mol. The van der Waals surface area contributed by atoms with Gasteiger partial charge in [0, 0.05) is 37.4 Å². The van der Waals surface area contributed by atoms with Crippen molar-refractivity contribution in [2.45, 2.75) is 20.0 Å². The van der Waals surface area contributed by atoms with Crippen LogP contribution < -0.4 is 15.1 Å². The van der Waals surface area contributed by atoms with Crippen LogP contribution in [0.5, 0.6) is 0 Å². The molecule has 0 aromatic heterocycles. The first-order valence-corrected chi connectivity index (χ1v) is 8.96. The third kappa shape index (κ3) is 4.02. The van der Waals surface area contributed by atoms with E-state index in [0.717, 1.165) is 49.7 Å². The number of likely N-dealkylation sites (N-methyl/N-ethyl adjacent to an activating group) is 2. The van der Waals surface area contributed by atoms with Gasteiger partial charge >= 0.3 is 6.18 Å². The van der Waals surface area contributed by atoms with E-state index in [1.54, 1.807) is 6.07 Å². The van der Waals surface area contributed by atoms with E-state index in [2.05, 4.69) is 29.0 Å². The van der Waals surface area contributed by atoms with Crippen molar-refractivity contribution in [1.29, 1.82) is 0 Å². The van der Waals surface area contributed by atoms with Crippen LogP contribution in [-0.4, -0.2) is 32.1 Å². The number of halogens is 3. The Labute approximate surface area is 156 Å². The molecule has 27 heavy (non-hydrogen) atoms. The monoisotopic (exact) mass is 377 g/mol. The van der Waals surface area contributed by atoms with Gasteiger partial charge < -0.3 is 15.1 Å². The Morgan fingerprint density at radius 1 is 1.00 bits per heavy atom. The van der Waals surface area contributed by atoms with Crippen molar-refractivity contribution in [2.24, 2.45) is 0 Å². The number of fused-ring (bicyclic) bond motifs is 1. The van der Waals surface area contributed by atoms with E-state index in [9.17, 15) is 18.0 Å². The Kier molecular flexibility index (Phi) is 5.30. The molecule has 0 spiro atoms. The Morgan fingerprint density at radius 2 is 1.67 bits per heavy atom. The first kappa shape index (κ1) is 19.1. The van der Waals surface area contributed by atoms with Crippen molar-refractivity contribution in [2.75, 3.05) is 41.3 Å². The first-order chi connectivity index (χ1) is 12.8. The van der Waals surface area contributed by atoms with Gasteiger partial charge in [-0.05, 0) is 50.2 Å². The Balaban J connectivity index is 1.86. The summed E-state index contributed by atoms with van der Waals surface area (Å²) >= 11 is 0. The number of anilines is 3. The SMILES string of the molecule is CCN1CCN(CC)c2cc(C(=O)Nc3cccc(C(F)(F)F)c3)ccc21. The van der Waals surface area contributed by atoms with Crippen LogP contribution in [0, 0.1) is 0 Å². The normalized spacial score (nSPS) is 14.1. The second kappa shape index (κ2) is 7.50. The smallest absolute Gasteiger partial charge is 0.368 e. The van der Waals surface area contributed by atoms with E-state index >= 15 is 0 Å². The average Bonchev–Trinajstić information content (AvgIpc) is 2.66. The van der Waals surface area contributed by atoms with Crippen molar-refractivity contribution in [3.05, 3.63) is 53.6 Å². The lowest BCUT2D eigenvalue weighted by molar-refractivity contribution is -0.137. The second-order valence-electron chi connectivity index (χ2n) is 6.40. The standard InChI is InChI=1S/C20H22F3N3O/c1-3-25-10-11-26(4-2)18-12-14(8-9-17(18)25)19(27)24-16-7-5-6-15(13-16)20(21,22)23/h5-9,12-13H,3-4,10-11H2,1-2H3,(H,24,27). The van der Waals surface area contributed by atoms with Gasteiger partial charge in [0.05, 0.1) is 16.9 Å². The summed E-state index contributed by atoms with van der Waals surface area (Å²) < 4.78 is 38.5. The Bertz CT molecular complexity index is 835. The third-order valence-electron chi connectivity index (χ3n) is 4.77. The van der Waals surface area contributed by atoms with Crippen LogP contribution >= 0.6 is 0 Å². The summed E-state index contributed by atoms with van der Waals surface area (Å²) in [7, 11) is 0. The van der Waals surface area contributed by atoms with E-state index in [4.69, 9.17) is 0 Å². The van der Waals surface area contributed by atoms with Gasteiger partial charge in [-0.3, -0.25) is 4.79 Å². The third-order valence-corrected chi connectivity index (χ3v) is 4.77. The van der Waals surface area contributed by atoms with Crippen LogP contribution in [-0.2, 0) is 6.18 Å². The van der Waals surface area contributed by atoms with Crippen LogP contribution in [0.2, 0.25) is 0 Å². The summed E-state index contributed by atoms with van der Waals surface area (Å²) in [5.41, 5.74) is 1.79. The molecule has 0 saturated heterocycles. The van der Waals surface area contributed by atoms with Crippen molar-refractivity contribution in [3.8, 4) is 0 Å². The fourth-order valence-corrected chi connectivity index (χ4v) is 3.30. The zero-order valence-electron chi connectivity index (χ0n) is 15.3. The number of rotatable bonds is 4. The van der Waals surface area contributed by atoms with E-state index in [-0.39, 0.29) is 5.69 Å². The molecule has 1 aliphatic rings. The van der Waals surface area contributed by atoms with Gasteiger partial charge in [0.1, 0.15) is 0 Å². The minimum absolute atomic E-state index is 0.120. The molecule has 3 rings (SSSR count). The summed E-state index contributed by atoms with van der Waals surface area (Å²) in [6, 6.07) is 10.1. The number of alkyl halides is 3. The molecule has 7 heteroatoms. The molecule has 2 aromatic carbocycles. The molecule has 0 fully saturated rings. The van der Waals surface area contributed by atoms with Crippen molar-refractivity contribution >= 4 is 23.0 Å². The predicted octanol–water partition coefficient (Wildman–Crippen LogP) is 4.62. The zero-order chi connectivity index (χ0) is 19.6. The number of hydrogen-bond donors (Lipinski definition) is 1. The number of nitrogens with one attached hydrogen (secondary N) is 1. The number of benzene rings is 2. The van der Waals surface area contributed by atoms with Gasteiger partial charge in [-0.25, -0.2) is 0 Å². The maximum absolute atomic E-state index is 12.8. The minimum atomic E-state index is -4.45. The molecule has 144 valence electrons. The van der Waals surface area contributed by atoms with Gasteiger partial charge in [-0.1, -0.05) is 6.07 Å². The second-order valence-corrected chi connectivity index (χ2v) is 6.40. The lowest BCUT2D eigenvalue weighted by Crippen LogP contribution is -2.41. The molecule has 0 unspecified atom stereocenters. The highest BCUT2D eigenvalue weighted by atomic mass is 19.4. The summed E-state index contributed by atoms with van der Waals surface area (Å²) in [6.45, 7) is 7.63. The van der Waals surface area contributed by atoms with Crippen molar-refractivity contribution in [3.63, 3.8) is 0 Å². The van der Waals surface area contributed by atoms with Crippen molar-refractivity contribution in [1.82, 2.24) is 0 Å². The fourth-order valence-electron chi connectivity index (χ4n) is 3.30. The van der Waals surface area contributed by atoms with Gasteiger partial charge in [0.25, 0.3) is 5.91 Å². The van der Waals surface area contributed by atoms with Gasteiger partial charge in [-0.2, -0.15) is 13.2 Å². The first-order valence-electron chi connectivity index (χ1n) is 8.96. The van der Waals surface area contributed by atoms with E-state index in [0.29, 0.717) is 5.56 Å². The van der Waals surface area contributed by atoms with Gasteiger partial charge in [0.2, 0.25) is 0 Å². The molecule has 1 amide bonds. The molecule has 1 N–H and O–H groups in total. The van der Waals surface area contributed by atoms with Crippen LogP contribution in [0.25, 0.3) is 0 Å². The Hall–Kier alpha value is -2.70. The van der Waals surface area contributed by atoms with Gasteiger partial charge in [0.15, 0.2) is 0 Å². The molecule has 0 atom stereocenters. The molecule has 0 bridgehead atoms. The minimum Gasteiger partial charge on any atom is -0.368 e.